The van der Waals surface area contributed by atoms with E-state index in [0.29, 0.717) is 12.2 Å². The number of ketones is 1. The largest absolute Gasteiger partial charge is 0.385 e. The van der Waals surface area contributed by atoms with Crippen LogP contribution in [-0.2, 0) is 4.74 Å². The lowest BCUT2D eigenvalue weighted by Gasteiger charge is -2.06. The SMILES string of the molecule is COCCCSc1ccc(F)cc1C(C)=O. The van der Waals surface area contributed by atoms with Crippen LogP contribution in [0.2, 0.25) is 0 Å². The lowest BCUT2D eigenvalue weighted by atomic mass is 10.1. The highest BCUT2D eigenvalue weighted by atomic mass is 32.2. The summed E-state index contributed by atoms with van der Waals surface area (Å²) in [4.78, 5) is 12.1. The summed E-state index contributed by atoms with van der Waals surface area (Å²) in [6, 6.07) is 4.33. The van der Waals surface area contributed by atoms with Crippen LogP contribution in [0.5, 0.6) is 0 Å². The molecule has 1 aromatic rings. The molecule has 0 aliphatic rings. The number of Topliss-reactive ketones (excluding diaryl/α,β-unsaturated/α-hetero) is 1. The zero-order chi connectivity index (χ0) is 12.0. The molecule has 0 aliphatic heterocycles. The first-order valence-electron chi connectivity index (χ1n) is 5.07. The number of hydrogen-bond donors (Lipinski definition) is 0. The summed E-state index contributed by atoms with van der Waals surface area (Å²) in [5.74, 6) is 0.389. The van der Waals surface area contributed by atoms with E-state index < -0.39 is 0 Å². The molecule has 4 heteroatoms. The molecule has 0 N–H and O–H groups in total. The molecule has 0 radical (unpaired) electrons. The number of benzene rings is 1. The summed E-state index contributed by atoms with van der Waals surface area (Å²) in [6.45, 7) is 2.15. The van der Waals surface area contributed by atoms with Crippen molar-refractivity contribution >= 4 is 17.5 Å². The van der Waals surface area contributed by atoms with Crippen molar-refractivity contribution in [2.75, 3.05) is 19.5 Å². The molecular formula is C12H15FO2S. The van der Waals surface area contributed by atoms with Gasteiger partial charge in [0.15, 0.2) is 5.78 Å². The van der Waals surface area contributed by atoms with E-state index in [9.17, 15) is 9.18 Å². The molecular weight excluding hydrogens is 227 g/mol. The Kier molecular flexibility index (Phi) is 5.49. The van der Waals surface area contributed by atoms with Gasteiger partial charge in [0.25, 0.3) is 0 Å². The molecule has 0 bridgehead atoms. The van der Waals surface area contributed by atoms with Crippen molar-refractivity contribution in [2.45, 2.75) is 18.2 Å². The molecule has 0 aromatic heterocycles. The maximum atomic E-state index is 13.0. The standard InChI is InChI=1S/C12H15FO2S/c1-9(14)11-8-10(13)4-5-12(11)16-7-3-6-15-2/h4-5,8H,3,6-7H2,1-2H3. The molecule has 0 spiro atoms. The molecule has 0 amide bonds. The Morgan fingerprint density at radius 3 is 2.88 bits per heavy atom. The van der Waals surface area contributed by atoms with Crippen LogP contribution in [0.15, 0.2) is 23.1 Å². The maximum Gasteiger partial charge on any atom is 0.161 e. The predicted molar refractivity (Wildman–Crippen MR) is 63.6 cm³/mol. The van der Waals surface area contributed by atoms with Gasteiger partial charge in [0, 0.05) is 29.9 Å². The molecule has 1 aromatic carbocycles. The molecule has 88 valence electrons. The van der Waals surface area contributed by atoms with Gasteiger partial charge in [0.2, 0.25) is 0 Å². The molecule has 0 saturated heterocycles. The monoisotopic (exact) mass is 242 g/mol. The summed E-state index contributed by atoms with van der Waals surface area (Å²) in [5, 5.41) is 0. The van der Waals surface area contributed by atoms with E-state index in [1.54, 1.807) is 24.9 Å². The van der Waals surface area contributed by atoms with Crippen molar-refractivity contribution in [1.29, 1.82) is 0 Å². The van der Waals surface area contributed by atoms with E-state index in [-0.39, 0.29) is 11.6 Å². The highest BCUT2D eigenvalue weighted by Gasteiger charge is 2.08. The molecule has 0 atom stereocenters. The van der Waals surface area contributed by atoms with Crippen molar-refractivity contribution in [2.24, 2.45) is 0 Å². The zero-order valence-corrected chi connectivity index (χ0v) is 10.3. The van der Waals surface area contributed by atoms with Gasteiger partial charge in [0.1, 0.15) is 5.82 Å². The number of carbonyl (C=O) groups is 1. The van der Waals surface area contributed by atoms with Crippen molar-refractivity contribution < 1.29 is 13.9 Å². The van der Waals surface area contributed by atoms with E-state index in [0.717, 1.165) is 17.1 Å². The average molecular weight is 242 g/mol. The number of halogens is 1. The van der Waals surface area contributed by atoms with E-state index in [2.05, 4.69) is 0 Å². The number of carbonyl (C=O) groups excluding carboxylic acids is 1. The fraction of sp³-hybridized carbons (Fsp3) is 0.417. The van der Waals surface area contributed by atoms with Gasteiger partial charge in [-0.25, -0.2) is 4.39 Å². The van der Waals surface area contributed by atoms with Crippen LogP contribution in [0, 0.1) is 5.82 Å². The Morgan fingerprint density at radius 2 is 2.25 bits per heavy atom. The molecule has 0 saturated carbocycles. The van der Waals surface area contributed by atoms with Crippen LogP contribution in [0.25, 0.3) is 0 Å². The Labute approximate surface area is 99.2 Å². The number of hydrogen-bond acceptors (Lipinski definition) is 3. The Morgan fingerprint density at radius 1 is 1.50 bits per heavy atom. The number of thioether (sulfide) groups is 1. The molecule has 2 nitrogen and oxygen atoms in total. The second kappa shape index (κ2) is 6.66. The Balaban J connectivity index is 2.67. The highest BCUT2D eigenvalue weighted by Crippen LogP contribution is 2.24. The van der Waals surface area contributed by atoms with Gasteiger partial charge in [-0.2, -0.15) is 0 Å². The van der Waals surface area contributed by atoms with E-state index in [1.807, 2.05) is 0 Å². The lowest BCUT2D eigenvalue weighted by Crippen LogP contribution is -1.97. The number of methoxy groups -OCH3 is 1. The minimum absolute atomic E-state index is 0.103. The summed E-state index contributed by atoms with van der Waals surface area (Å²) < 4.78 is 17.9. The van der Waals surface area contributed by atoms with E-state index >= 15 is 0 Å². The second-order valence-corrected chi connectivity index (χ2v) is 4.53. The quantitative estimate of drug-likeness (QED) is 0.435. The molecule has 1 rings (SSSR count). The number of ether oxygens (including phenoxy) is 1. The predicted octanol–water partition coefficient (Wildman–Crippen LogP) is 3.16. The molecule has 0 aliphatic carbocycles. The highest BCUT2D eigenvalue weighted by molar-refractivity contribution is 7.99. The van der Waals surface area contributed by atoms with Crippen LogP contribution in [0.4, 0.5) is 4.39 Å². The fourth-order valence-electron chi connectivity index (χ4n) is 1.29. The van der Waals surface area contributed by atoms with Gasteiger partial charge in [0.05, 0.1) is 0 Å². The molecule has 0 unspecified atom stereocenters. The molecule has 16 heavy (non-hydrogen) atoms. The van der Waals surface area contributed by atoms with Gasteiger partial charge >= 0.3 is 0 Å². The van der Waals surface area contributed by atoms with E-state index in [4.69, 9.17) is 4.74 Å². The topological polar surface area (TPSA) is 26.3 Å². The van der Waals surface area contributed by atoms with Crippen molar-refractivity contribution in [3.63, 3.8) is 0 Å². The minimum atomic E-state index is -0.369. The van der Waals surface area contributed by atoms with Crippen LogP contribution >= 0.6 is 11.8 Å². The Hall–Kier alpha value is -0.870. The normalized spacial score (nSPS) is 10.4. The first-order valence-corrected chi connectivity index (χ1v) is 6.06. The third-order valence-electron chi connectivity index (χ3n) is 2.07. The average Bonchev–Trinajstić information content (AvgIpc) is 2.26. The second-order valence-electron chi connectivity index (χ2n) is 3.39. The van der Waals surface area contributed by atoms with Gasteiger partial charge in [-0.05, 0) is 31.5 Å². The molecule has 0 fully saturated rings. The van der Waals surface area contributed by atoms with Gasteiger partial charge in [-0.15, -0.1) is 11.8 Å². The number of rotatable bonds is 6. The van der Waals surface area contributed by atoms with Crippen LogP contribution in [-0.4, -0.2) is 25.3 Å². The smallest absolute Gasteiger partial charge is 0.161 e. The first kappa shape index (κ1) is 13.2. The summed E-state index contributed by atoms with van der Waals surface area (Å²) in [6.07, 6.45) is 0.913. The van der Waals surface area contributed by atoms with Crippen LogP contribution in [0.1, 0.15) is 23.7 Å². The summed E-state index contributed by atoms with van der Waals surface area (Å²) in [7, 11) is 1.66. The summed E-state index contributed by atoms with van der Waals surface area (Å²) in [5.41, 5.74) is 0.461. The van der Waals surface area contributed by atoms with Crippen molar-refractivity contribution in [3.05, 3.63) is 29.6 Å². The van der Waals surface area contributed by atoms with Gasteiger partial charge in [-0.3, -0.25) is 4.79 Å². The van der Waals surface area contributed by atoms with Crippen LogP contribution in [0.3, 0.4) is 0 Å². The maximum absolute atomic E-state index is 13.0. The Bertz CT molecular complexity index is 366. The van der Waals surface area contributed by atoms with Gasteiger partial charge in [-0.1, -0.05) is 0 Å². The van der Waals surface area contributed by atoms with Crippen molar-refractivity contribution in [3.8, 4) is 0 Å². The first-order chi connectivity index (χ1) is 7.65. The van der Waals surface area contributed by atoms with E-state index in [1.165, 1.54) is 19.1 Å². The summed E-state index contributed by atoms with van der Waals surface area (Å²) >= 11 is 1.56. The zero-order valence-electron chi connectivity index (χ0n) is 9.46. The van der Waals surface area contributed by atoms with Gasteiger partial charge < -0.3 is 4.74 Å². The lowest BCUT2D eigenvalue weighted by molar-refractivity contribution is 0.101. The third-order valence-corrected chi connectivity index (χ3v) is 3.23. The minimum Gasteiger partial charge on any atom is -0.385 e. The van der Waals surface area contributed by atoms with Crippen molar-refractivity contribution in [1.82, 2.24) is 0 Å². The van der Waals surface area contributed by atoms with Crippen LogP contribution < -0.4 is 0 Å². The fourth-order valence-corrected chi connectivity index (χ4v) is 2.29. The molecule has 0 heterocycles. The third kappa shape index (κ3) is 3.94.